The number of hydrogen-bond donors (Lipinski definition) is 1. The lowest BCUT2D eigenvalue weighted by Crippen LogP contribution is -1.89. The Hall–Kier alpha value is -2.24. The molecule has 2 aromatic heterocycles. The van der Waals surface area contributed by atoms with E-state index in [9.17, 15) is 8.78 Å². The van der Waals surface area contributed by atoms with Crippen LogP contribution >= 0.6 is 0 Å². The fourth-order valence-corrected chi connectivity index (χ4v) is 1.49. The Labute approximate surface area is 88.5 Å². The molecule has 6 heteroatoms. The Bertz CT molecular complexity index is 627. The van der Waals surface area contributed by atoms with Gasteiger partial charge >= 0.3 is 0 Å². The van der Waals surface area contributed by atoms with Crippen molar-refractivity contribution in [3.05, 3.63) is 42.2 Å². The van der Waals surface area contributed by atoms with Gasteiger partial charge in [-0.3, -0.25) is 0 Å². The number of benzene rings is 1. The smallest absolute Gasteiger partial charge is 0.199 e. The number of hydrogen-bond acceptors (Lipinski definition) is 2. The first-order chi connectivity index (χ1) is 7.74. The average molecular weight is 219 g/mol. The number of nitrogens with one attached hydrogen (secondary N) is 1. The van der Waals surface area contributed by atoms with Crippen LogP contribution in [0.5, 0.6) is 0 Å². The number of fused-ring (bicyclic) bond motifs is 1. The highest BCUT2D eigenvalue weighted by atomic mass is 19.1. The predicted octanol–water partition coefficient (Wildman–Crippen LogP) is 1.80. The Morgan fingerprint density at radius 1 is 1.25 bits per heavy atom. The van der Waals surface area contributed by atoms with Crippen LogP contribution in [0.1, 0.15) is 0 Å². The van der Waals surface area contributed by atoms with Gasteiger partial charge in [0.2, 0.25) is 0 Å². The predicted molar refractivity (Wildman–Crippen MR) is 51.5 cm³/mol. The fourth-order valence-electron chi connectivity index (χ4n) is 1.49. The van der Waals surface area contributed by atoms with E-state index >= 15 is 0 Å². The van der Waals surface area contributed by atoms with Crippen molar-refractivity contribution in [2.24, 2.45) is 0 Å². The Kier molecular flexibility index (Phi) is 1.76. The van der Waals surface area contributed by atoms with Crippen molar-refractivity contribution in [1.82, 2.24) is 19.8 Å². The van der Waals surface area contributed by atoms with E-state index < -0.39 is 11.6 Å². The lowest BCUT2D eigenvalue weighted by molar-refractivity contribution is 0.602. The molecule has 1 radical (unpaired) electrons. The fraction of sp³-hybridized carbons (Fsp3) is 0. The van der Waals surface area contributed by atoms with Crippen molar-refractivity contribution in [3.8, 4) is 11.3 Å². The Morgan fingerprint density at radius 2 is 2.12 bits per heavy atom. The molecule has 79 valence electrons. The van der Waals surface area contributed by atoms with E-state index in [2.05, 4.69) is 21.5 Å². The summed E-state index contributed by atoms with van der Waals surface area (Å²) in [7, 11) is 0. The molecule has 0 unspecified atom stereocenters. The van der Waals surface area contributed by atoms with E-state index in [0.29, 0.717) is 11.3 Å². The SMILES string of the molecule is Fc1ccc(F)c(-c2cc3[nH][c]nn3n2)c1. The number of nitrogens with zero attached hydrogens (tertiary/aromatic N) is 3. The second-order valence-electron chi connectivity index (χ2n) is 3.27. The second-order valence-corrected chi connectivity index (χ2v) is 3.27. The maximum Gasteiger partial charge on any atom is 0.199 e. The number of rotatable bonds is 1. The molecule has 1 aromatic carbocycles. The minimum absolute atomic E-state index is 0.110. The topological polar surface area (TPSA) is 46.0 Å². The Balaban J connectivity index is 2.22. The summed E-state index contributed by atoms with van der Waals surface area (Å²) in [5.41, 5.74) is 1.00. The van der Waals surface area contributed by atoms with Crippen LogP contribution in [0.3, 0.4) is 0 Å². The molecular formula is C10H5F2N4. The van der Waals surface area contributed by atoms with E-state index in [0.717, 1.165) is 18.2 Å². The third-order valence-corrected chi connectivity index (χ3v) is 2.22. The van der Waals surface area contributed by atoms with E-state index in [1.807, 2.05) is 0 Å². The summed E-state index contributed by atoms with van der Waals surface area (Å²) in [5, 5.41) is 7.71. The van der Waals surface area contributed by atoms with Gasteiger partial charge in [-0.1, -0.05) is 0 Å². The van der Waals surface area contributed by atoms with Gasteiger partial charge in [-0.15, -0.1) is 14.8 Å². The normalized spacial score (nSPS) is 11.1. The van der Waals surface area contributed by atoms with Crippen molar-refractivity contribution in [3.63, 3.8) is 0 Å². The van der Waals surface area contributed by atoms with Crippen LogP contribution in [0.25, 0.3) is 16.9 Å². The van der Waals surface area contributed by atoms with Crippen LogP contribution in [0.15, 0.2) is 24.3 Å². The first-order valence-electron chi connectivity index (χ1n) is 4.51. The van der Waals surface area contributed by atoms with Gasteiger partial charge in [0.05, 0.1) is 5.69 Å². The molecule has 3 rings (SSSR count). The highest BCUT2D eigenvalue weighted by Gasteiger charge is 2.11. The van der Waals surface area contributed by atoms with Gasteiger partial charge in [0.15, 0.2) is 12.0 Å². The van der Waals surface area contributed by atoms with Crippen molar-refractivity contribution >= 4 is 5.65 Å². The number of aromatic amines is 1. The third kappa shape index (κ3) is 1.27. The second kappa shape index (κ2) is 3.13. The molecule has 4 nitrogen and oxygen atoms in total. The van der Waals surface area contributed by atoms with Crippen LogP contribution in [0, 0.1) is 18.0 Å². The van der Waals surface area contributed by atoms with Gasteiger partial charge in [-0.05, 0) is 18.2 Å². The Morgan fingerprint density at radius 3 is 2.94 bits per heavy atom. The standard InChI is InChI=1S/C10H5F2N4/c11-6-1-2-8(12)7(3-6)9-4-10-13-5-14-16(10)15-9/h1-4H,(H,13,14). The summed E-state index contributed by atoms with van der Waals surface area (Å²) in [5.74, 6) is -1.03. The van der Waals surface area contributed by atoms with E-state index in [1.165, 1.54) is 4.63 Å². The summed E-state index contributed by atoms with van der Waals surface area (Å²) in [4.78, 5) is 2.69. The van der Waals surface area contributed by atoms with Crippen molar-refractivity contribution in [2.75, 3.05) is 0 Å². The maximum absolute atomic E-state index is 13.4. The quantitative estimate of drug-likeness (QED) is 0.678. The molecule has 0 atom stereocenters. The molecule has 0 aliphatic heterocycles. The van der Waals surface area contributed by atoms with Gasteiger partial charge < -0.3 is 4.98 Å². The van der Waals surface area contributed by atoms with Crippen LogP contribution in [-0.4, -0.2) is 19.8 Å². The zero-order valence-corrected chi connectivity index (χ0v) is 7.91. The molecule has 0 aliphatic rings. The van der Waals surface area contributed by atoms with Gasteiger partial charge in [-0.2, -0.15) is 0 Å². The number of aromatic nitrogens is 4. The van der Waals surface area contributed by atoms with Crippen LogP contribution < -0.4 is 0 Å². The van der Waals surface area contributed by atoms with E-state index in [1.54, 1.807) is 6.07 Å². The maximum atomic E-state index is 13.4. The zero-order valence-electron chi connectivity index (χ0n) is 7.91. The van der Waals surface area contributed by atoms with Crippen LogP contribution in [-0.2, 0) is 0 Å². The van der Waals surface area contributed by atoms with Crippen molar-refractivity contribution in [2.45, 2.75) is 0 Å². The van der Waals surface area contributed by atoms with E-state index in [4.69, 9.17) is 0 Å². The minimum Gasteiger partial charge on any atom is -0.319 e. The van der Waals surface area contributed by atoms with Crippen LogP contribution in [0.2, 0.25) is 0 Å². The molecule has 0 fully saturated rings. The molecule has 0 saturated carbocycles. The van der Waals surface area contributed by atoms with Gasteiger partial charge in [0.1, 0.15) is 11.6 Å². The number of H-pyrrole nitrogens is 1. The highest BCUT2D eigenvalue weighted by Crippen LogP contribution is 2.22. The lowest BCUT2D eigenvalue weighted by atomic mass is 10.1. The zero-order chi connectivity index (χ0) is 11.1. The van der Waals surface area contributed by atoms with E-state index in [-0.39, 0.29) is 5.56 Å². The largest absolute Gasteiger partial charge is 0.319 e. The molecule has 0 bridgehead atoms. The first kappa shape index (κ1) is 9.02. The van der Waals surface area contributed by atoms with Gasteiger partial charge in [0.25, 0.3) is 0 Å². The van der Waals surface area contributed by atoms with Crippen molar-refractivity contribution < 1.29 is 8.78 Å². The van der Waals surface area contributed by atoms with Gasteiger partial charge in [0, 0.05) is 11.6 Å². The summed E-state index contributed by atoms with van der Waals surface area (Å²) in [6.45, 7) is 0. The molecule has 0 amide bonds. The van der Waals surface area contributed by atoms with Gasteiger partial charge in [-0.25, -0.2) is 8.78 Å². The lowest BCUT2D eigenvalue weighted by Gasteiger charge is -1.98. The molecule has 0 aliphatic carbocycles. The summed E-state index contributed by atoms with van der Waals surface area (Å²) in [6, 6.07) is 4.80. The molecule has 2 heterocycles. The number of halogens is 2. The summed E-state index contributed by atoms with van der Waals surface area (Å²) < 4.78 is 27.7. The molecule has 16 heavy (non-hydrogen) atoms. The molecule has 0 saturated heterocycles. The molecule has 1 N–H and O–H groups in total. The molecule has 3 aromatic rings. The molecule has 0 spiro atoms. The average Bonchev–Trinajstić information content (AvgIpc) is 2.81. The highest BCUT2D eigenvalue weighted by molar-refractivity contribution is 5.64. The first-order valence-corrected chi connectivity index (χ1v) is 4.51. The van der Waals surface area contributed by atoms with Crippen LogP contribution in [0.4, 0.5) is 8.78 Å². The summed E-state index contributed by atoms with van der Waals surface area (Å²) >= 11 is 0. The minimum atomic E-state index is -0.522. The molecular weight excluding hydrogens is 214 g/mol. The summed E-state index contributed by atoms with van der Waals surface area (Å²) in [6.07, 6.45) is 2.48. The third-order valence-electron chi connectivity index (χ3n) is 2.22. The monoisotopic (exact) mass is 219 g/mol. The van der Waals surface area contributed by atoms with Crippen molar-refractivity contribution in [1.29, 1.82) is 0 Å².